The summed E-state index contributed by atoms with van der Waals surface area (Å²) in [4.78, 5) is 214. The highest BCUT2D eigenvalue weighted by Gasteiger charge is 2.35. The molecule has 1 aliphatic heterocycles. The van der Waals surface area contributed by atoms with Gasteiger partial charge < -0.3 is 99.9 Å². The third-order valence-electron chi connectivity index (χ3n) is 23.7. The van der Waals surface area contributed by atoms with Gasteiger partial charge in [-0.1, -0.05) is 129 Å². The van der Waals surface area contributed by atoms with Gasteiger partial charge in [-0.15, -0.1) is 0 Å². The monoisotopic (exact) mass is 1930 g/mol. The molecule has 0 radical (unpaired) electrons. The van der Waals surface area contributed by atoms with Gasteiger partial charge >= 0.3 is 30.1 Å². The Labute approximate surface area is 798 Å². The number of nitrogens with one attached hydrogen (secondary N) is 11. The summed E-state index contributed by atoms with van der Waals surface area (Å²) in [6.45, 7) is 15.0. The maximum atomic E-state index is 14.4. The molecule has 4 aromatic carbocycles. The average molecular weight is 1940 g/mol. The van der Waals surface area contributed by atoms with Gasteiger partial charge in [-0.25, -0.2) is 4.79 Å². The molecule has 0 saturated carbocycles. The summed E-state index contributed by atoms with van der Waals surface area (Å²) in [5.41, 5.74) is 12.6. The minimum atomic E-state index is -4.77. The summed E-state index contributed by atoms with van der Waals surface area (Å²) in [7, 11) is 0. The second-order valence-electron chi connectivity index (χ2n) is 35.6. The lowest BCUT2D eigenvalue weighted by Crippen LogP contribution is -2.49. The molecular weight excluding hydrogens is 1800 g/mol. The maximum Gasteiger partial charge on any atom is 0.416 e. The molecule has 1 aliphatic carbocycles. The van der Waals surface area contributed by atoms with E-state index < -0.39 is 205 Å². The van der Waals surface area contributed by atoms with E-state index >= 15 is 0 Å². The minimum absolute atomic E-state index is 0.0541. The molecule has 750 valence electrons. The van der Waals surface area contributed by atoms with Crippen molar-refractivity contribution in [3.8, 4) is 28.2 Å². The standard InChI is InChI=1S/C98H134F3N13O22S/c1-9-57(6)77(112-86(121)43-63(22-16-35-102)104-82(117)34-37-137-55-92(127)108-65-24-29-73(76(42-65)97(134)135)96-74-30-27-71(115)50-80(74)136-81-51-72(116)28-31-75(81)96)52-89(124)109-68(38-56(4)5)46-83(118)106-66(25-32-93(128)129)45-88(123)114-79(59(8)11-3)54-91(126)111-70(41-61-20-15-21-62(39-61)98(99,100)101)48-84(119)105-64(23-17-36-103)44-87(122)113-78(58(7)10-2)53-90(125)110-69(40-60-18-13-12-14-19-60)47-85(120)107-67(49-95(132)133)26-33-94(130)131/h12-15,18-21,24,27-31,39,42,50-51,56-59,63-64,66-70,77-79,115H,9-11,16-17,22-23,25-26,32-38,40-41,43-49,52-55,102-103H2,1-8H3,(H,104,117)(H,105,119)(H,106,118)(H,107,120)(H,108,127)(H,109,124)(H,110,125)(H,111,126)(H,112,121)(H,113,122)(H,114,123)(H,128,129)(H,130,131)(H,132,133)(H,134,135)/t57-,58-,59-,63-,64-,66-,67-,68-,69-,70-,77-,78-,79-/m0/s1. The second kappa shape index (κ2) is 57.5. The zero-order valence-electron chi connectivity index (χ0n) is 78.9. The van der Waals surface area contributed by atoms with E-state index in [1.165, 1.54) is 60.7 Å². The topological polar surface area (TPSA) is 572 Å². The first kappa shape index (κ1) is 113. The number of thioether (sulfide) groups is 1. The van der Waals surface area contributed by atoms with Gasteiger partial charge in [-0.3, -0.25) is 71.9 Å². The number of aromatic hydroxyl groups is 1. The highest BCUT2D eigenvalue weighted by molar-refractivity contribution is 7.99. The van der Waals surface area contributed by atoms with Crippen molar-refractivity contribution in [3.05, 3.63) is 142 Å². The van der Waals surface area contributed by atoms with Crippen LogP contribution in [0.2, 0.25) is 0 Å². The molecule has 20 N–H and O–H groups in total. The number of carboxylic acid groups (broad SMARTS) is 4. The number of alkyl halides is 3. The second-order valence-corrected chi connectivity index (χ2v) is 36.7. The number of phenols is 1. The number of aromatic carboxylic acids is 1. The van der Waals surface area contributed by atoms with Gasteiger partial charge in [-0.2, -0.15) is 24.9 Å². The summed E-state index contributed by atoms with van der Waals surface area (Å²) in [6, 6.07) is 16.9. The van der Waals surface area contributed by atoms with Gasteiger partial charge in [0.25, 0.3) is 0 Å². The number of fused-ring (bicyclic) bond motifs is 2. The Kier molecular flexibility index (Phi) is 47.5. The van der Waals surface area contributed by atoms with E-state index in [9.17, 15) is 115 Å². The van der Waals surface area contributed by atoms with E-state index in [2.05, 4.69) is 58.5 Å². The number of carbonyl (C=O) groups is 15. The number of amides is 11. The first-order valence-electron chi connectivity index (χ1n) is 46.6. The molecule has 4 aromatic rings. The van der Waals surface area contributed by atoms with Crippen molar-refractivity contribution < 1.29 is 115 Å². The fourth-order valence-corrected chi connectivity index (χ4v) is 16.8. The summed E-state index contributed by atoms with van der Waals surface area (Å²) < 4.78 is 48.5. The van der Waals surface area contributed by atoms with E-state index in [-0.39, 0.29) is 171 Å². The number of rotatable bonds is 62. The van der Waals surface area contributed by atoms with Crippen LogP contribution in [0, 0.1) is 23.7 Å². The maximum absolute atomic E-state index is 14.4. The first-order valence-corrected chi connectivity index (χ1v) is 47.7. The summed E-state index contributed by atoms with van der Waals surface area (Å²) in [5.74, 6) is -12.5. The average Bonchev–Trinajstić information content (AvgIpc) is 0.745. The Morgan fingerprint density at radius 1 is 0.423 bits per heavy atom. The third-order valence-corrected chi connectivity index (χ3v) is 24.7. The zero-order valence-corrected chi connectivity index (χ0v) is 79.7. The number of carbonyl (C=O) groups excluding carboxylic acids is 11. The molecule has 1 heterocycles. The summed E-state index contributed by atoms with van der Waals surface area (Å²) >= 11 is 1.13. The van der Waals surface area contributed by atoms with Gasteiger partial charge in [0.15, 0.2) is 5.43 Å². The van der Waals surface area contributed by atoms with Crippen LogP contribution in [-0.2, 0) is 86.1 Å². The molecule has 0 unspecified atom stereocenters. The van der Waals surface area contributed by atoms with Crippen LogP contribution in [0.25, 0.3) is 33.4 Å². The van der Waals surface area contributed by atoms with E-state index in [1.54, 1.807) is 50.2 Å². The summed E-state index contributed by atoms with van der Waals surface area (Å²) in [6.07, 6.45) is -7.05. The van der Waals surface area contributed by atoms with E-state index in [1.807, 2.05) is 41.5 Å². The van der Waals surface area contributed by atoms with E-state index in [4.69, 9.17) is 15.9 Å². The van der Waals surface area contributed by atoms with E-state index in [0.717, 1.165) is 29.5 Å². The van der Waals surface area contributed by atoms with Crippen molar-refractivity contribution in [2.24, 2.45) is 35.1 Å². The number of aliphatic carboxylic acids is 3. The van der Waals surface area contributed by atoms with Crippen LogP contribution in [0.1, 0.15) is 230 Å². The molecule has 39 heteroatoms. The smallest absolute Gasteiger partial charge is 0.416 e. The number of anilines is 1. The molecule has 35 nitrogen and oxygen atoms in total. The van der Waals surface area contributed by atoms with Crippen LogP contribution in [0.3, 0.4) is 0 Å². The van der Waals surface area contributed by atoms with Crippen LogP contribution in [-0.4, -0.2) is 199 Å². The van der Waals surface area contributed by atoms with Crippen molar-refractivity contribution in [2.45, 2.75) is 283 Å². The lowest BCUT2D eigenvalue weighted by molar-refractivity contribution is -0.140. The largest absolute Gasteiger partial charge is 0.508 e. The van der Waals surface area contributed by atoms with Crippen LogP contribution >= 0.6 is 11.8 Å². The molecule has 6 rings (SSSR count). The van der Waals surface area contributed by atoms with Gasteiger partial charge in [0.1, 0.15) is 17.1 Å². The Morgan fingerprint density at radius 2 is 0.854 bits per heavy atom. The molecule has 11 amide bonds. The van der Waals surface area contributed by atoms with Crippen molar-refractivity contribution >= 4 is 117 Å². The number of benzene rings is 5. The van der Waals surface area contributed by atoms with Crippen LogP contribution in [0.15, 0.2) is 118 Å². The predicted octanol–water partition coefficient (Wildman–Crippen LogP) is 9.76. The van der Waals surface area contributed by atoms with Crippen LogP contribution < -0.4 is 75.4 Å². The number of hydrogen-bond acceptors (Lipinski definition) is 21. The number of carboxylic acids is 4. The Balaban J connectivity index is 1.05. The fourth-order valence-electron chi connectivity index (χ4n) is 16.1. The van der Waals surface area contributed by atoms with Crippen LogP contribution in [0.4, 0.5) is 18.9 Å². The van der Waals surface area contributed by atoms with Crippen molar-refractivity contribution in [1.82, 2.24) is 53.2 Å². The van der Waals surface area contributed by atoms with Crippen LogP contribution in [0.5, 0.6) is 5.75 Å². The molecule has 0 aromatic heterocycles. The number of halogens is 3. The van der Waals surface area contributed by atoms with Crippen molar-refractivity contribution in [3.63, 3.8) is 0 Å². The van der Waals surface area contributed by atoms with Gasteiger partial charge in [0.05, 0.1) is 23.3 Å². The Morgan fingerprint density at radius 3 is 1.32 bits per heavy atom. The fraction of sp³-hybridized carbons (Fsp3) is 0.531. The lowest BCUT2D eigenvalue weighted by atomic mass is 9.90. The molecule has 0 spiro atoms. The third kappa shape index (κ3) is 41.5. The molecule has 0 fully saturated rings. The van der Waals surface area contributed by atoms with Crippen molar-refractivity contribution in [2.75, 3.05) is 29.9 Å². The minimum Gasteiger partial charge on any atom is -0.508 e. The molecular formula is C98H134F3N13O22S. The van der Waals surface area contributed by atoms with Gasteiger partial charge in [0, 0.05) is 178 Å². The van der Waals surface area contributed by atoms with Gasteiger partial charge in [0.2, 0.25) is 65.0 Å². The van der Waals surface area contributed by atoms with Crippen molar-refractivity contribution in [1.29, 1.82) is 0 Å². The molecule has 0 saturated heterocycles. The number of phenolic OH excluding ortho intramolecular Hbond substituents is 1. The molecule has 137 heavy (non-hydrogen) atoms. The number of hydrogen-bond donors (Lipinski definition) is 18. The number of nitrogens with two attached hydrogens (primary N) is 2. The Hall–Kier alpha value is -12.5. The Bertz CT molecular complexity index is 5100. The lowest BCUT2D eigenvalue weighted by Gasteiger charge is -2.28. The SMILES string of the molecule is CC[C@H](C)[C@H](CC(=O)N[C@H](CC(=O)N[C@@H](CCC(=O)O)CC(=O)N[C@@H](CC(=O)N[C@H](CC(=O)N[C@@H](CCCN)CC(=O)N[C@@H](CC(=O)N[C@H](CC(=O)N[C@@H](CCC(=O)O)CC(=O)O)Cc1ccccc1)[C@@H](C)CC)Cc1cccc(C(F)(F)F)c1)[C@@H](C)CC)CC(C)C)NC(=O)C[C@H](CCCN)NC(=O)CCSCC(=O)Nc1ccc(-c2c3ccc(=O)cc-3oc3cc(O)ccc23)c(C(=O)O)c1. The predicted molar refractivity (Wildman–Crippen MR) is 510 cm³/mol. The quantitative estimate of drug-likeness (QED) is 0.0125. The molecule has 13 atom stereocenters. The first-order chi connectivity index (χ1) is 64.9. The van der Waals surface area contributed by atoms with E-state index in [0.29, 0.717) is 55.0 Å². The summed E-state index contributed by atoms with van der Waals surface area (Å²) in [5, 5.41) is 80.8. The highest BCUT2D eigenvalue weighted by Crippen LogP contribution is 2.43. The van der Waals surface area contributed by atoms with Gasteiger partial charge in [-0.05, 0) is 154 Å². The highest BCUT2D eigenvalue weighted by atomic mass is 32.2. The molecule has 0 bridgehead atoms. The zero-order chi connectivity index (χ0) is 101. The normalized spacial score (nSPS) is 14.3. The molecule has 2 aliphatic rings.